The molecule has 0 saturated carbocycles. The molecule has 2 amide bonds. The maximum Gasteiger partial charge on any atom is 0.333 e. The lowest BCUT2D eigenvalue weighted by Crippen LogP contribution is -2.74. The fourth-order valence-corrected chi connectivity index (χ4v) is 5.78. The molecular formula is C31H35N3O10S. The van der Waals surface area contributed by atoms with Gasteiger partial charge in [0.2, 0.25) is 5.91 Å². The zero-order valence-electron chi connectivity index (χ0n) is 25.1. The van der Waals surface area contributed by atoms with Crippen LogP contribution in [0.2, 0.25) is 0 Å². The van der Waals surface area contributed by atoms with Gasteiger partial charge in [0, 0.05) is 24.1 Å². The van der Waals surface area contributed by atoms with E-state index < -0.39 is 46.1 Å². The maximum atomic E-state index is 13.3. The van der Waals surface area contributed by atoms with Crippen molar-refractivity contribution in [2.75, 3.05) is 13.2 Å². The fraction of sp³-hybridized carbons (Fsp3) is 0.419. The third-order valence-corrected chi connectivity index (χ3v) is 8.05. The number of β-lactam (4-membered cyclic amide) rings is 1. The largest absolute Gasteiger partial charge is 0.491 e. The number of esters is 2. The Balaban J connectivity index is 1.39. The lowest BCUT2D eigenvalue weighted by Gasteiger charge is -2.51. The molecular weight excluding hydrogens is 606 g/mol. The van der Waals surface area contributed by atoms with E-state index in [1.807, 2.05) is 20.8 Å². The van der Waals surface area contributed by atoms with Crippen molar-refractivity contribution in [1.29, 1.82) is 0 Å². The molecule has 2 aliphatic heterocycles. The molecule has 1 N–H and O–H groups in total. The Labute approximate surface area is 264 Å². The normalized spacial score (nSPS) is 18.7. The van der Waals surface area contributed by atoms with Crippen molar-refractivity contribution in [3.63, 3.8) is 0 Å². The molecule has 0 aliphatic carbocycles. The number of unbranched alkanes of at least 4 members (excludes halogenated alkanes) is 1. The fourth-order valence-electron chi connectivity index (χ4n) is 4.57. The minimum Gasteiger partial charge on any atom is -0.491 e. The predicted molar refractivity (Wildman–Crippen MR) is 163 cm³/mol. The van der Waals surface area contributed by atoms with Gasteiger partial charge in [-0.1, -0.05) is 13.3 Å². The SMILES string of the molecule is CCCCC(=O)OCC1=CS[C@H]2C(NC(=O)COc3ccc(OC(C)C)cc3)C(=O)N2C1C(=O)OCc1ccc([N+](=O)[O-])cc1. The van der Waals surface area contributed by atoms with Crippen LogP contribution in [0, 0.1) is 10.1 Å². The van der Waals surface area contributed by atoms with E-state index in [2.05, 4.69) is 5.32 Å². The van der Waals surface area contributed by atoms with Gasteiger partial charge in [-0.25, -0.2) is 4.79 Å². The number of nitrogens with one attached hydrogen (secondary N) is 1. The van der Waals surface area contributed by atoms with Crippen LogP contribution in [-0.2, 0) is 35.3 Å². The summed E-state index contributed by atoms with van der Waals surface area (Å²) in [5, 5.41) is 14.6. The molecule has 4 rings (SSSR count). The third-order valence-electron chi connectivity index (χ3n) is 6.84. The Bertz CT molecular complexity index is 1430. The smallest absolute Gasteiger partial charge is 0.333 e. The Hall–Kier alpha value is -4.59. The number of nitro benzene ring substituents is 1. The minimum atomic E-state index is -1.18. The van der Waals surface area contributed by atoms with Crippen molar-refractivity contribution < 1.29 is 43.0 Å². The molecule has 45 heavy (non-hydrogen) atoms. The topological polar surface area (TPSA) is 164 Å². The highest BCUT2D eigenvalue weighted by Gasteiger charge is 2.56. The van der Waals surface area contributed by atoms with E-state index >= 15 is 0 Å². The van der Waals surface area contributed by atoms with Gasteiger partial charge in [0.05, 0.1) is 11.0 Å². The van der Waals surface area contributed by atoms with Gasteiger partial charge in [0.15, 0.2) is 12.6 Å². The molecule has 240 valence electrons. The molecule has 13 nitrogen and oxygen atoms in total. The van der Waals surface area contributed by atoms with Crippen LogP contribution in [-0.4, -0.2) is 70.4 Å². The predicted octanol–water partition coefficient (Wildman–Crippen LogP) is 3.89. The molecule has 3 atom stereocenters. The number of hydrogen-bond donors (Lipinski definition) is 1. The highest BCUT2D eigenvalue weighted by atomic mass is 32.2. The molecule has 1 fully saturated rings. The van der Waals surface area contributed by atoms with Crippen molar-refractivity contribution in [1.82, 2.24) is 10.2 Å². The van der Waals surface area contributed by atoms with Crippen molar-refractivity contribution in [2.45, 2.75) is 70.2 Å². The first kappa shape index (κ1) is 33.3. The number of hydrogen-bond acceptors (Lipinski definition) is 11. The summed E-state index contributed by atoms with van der Waals surface area (Å²) in [6.07, 6.45) is 1.71. The highest BCUT2D eigenvalue weighted by Crippen LogP contribution is 2.40. The number of rotatable bonds is 15. The Morgan fingerprint density at radius 2 is 1.71 bits per heavy atom. The number of amides is 2. The summed E-state index contributed by atoms with van der Waals surface area (Å²) in [4.78, 5) is 63.2. The molecule has 14 heteroatoms. The van der Waals surface area contributed by atoms with Crippen molar-refractivity contribution >= 4 is 41.2 Å². The van der Waals surface area contributed by atoms with Crippen LogP contribution in [0.25, 0.3) is 0 Å². The van der Waals surface area contributed by atoms with Gasteiger partial charge in [-0.2, -0.15) is 0 Å². The molecule has 0 radical (unpaired) electrons. The van der Waals surface area contributed by atoms with Gasteiger partial charge in [-0.15, -0.1) is 11.8 Å². The van der Waals surface area contributed by atoms with Crippen molar-refractivity contribution in [3.05, 3.63) is 75.2 Å². The summed E-state index contributed by atoms with van der Waals surface area (Å²) in [7, 11) is 0. The van der Waals surface area contributed by atoms with E-state index in [-0.39, 0.29) is 38.0 Å². The van der Waals surface area contributed by atoms with Crippen LogP contribution in [0.4, 0.5) is 5.69 Å². The van der Waals surface area contributed by atoms with Crippen LogP contribution in [0.3, 0.4) is 0 Å². The van der Waals surface area contributed by atoms with E-state index in [1.54, 1.807) is 29.7 Å². The summed E-state index contributed by atoms with van der Waals surface area (Å²) in [6, 6.07) is 10.2. The number of ether oxygens (including phenoxy) is 4. The Morgan fingerprint density at radius 1 is 1.02 bits per heavy atom. The highest BCUT2D eigenvalue weighted by molar-refractivity contribution is 8.03. The second-order valence-corrected chi connectivity index (χ2v) is 11.6. The van der Waals surface area contributed by atoms with Crippen LogP contribution in [0.1, 0.15) is 45.6 Å². The minimum absolute atomic E-state index is 0.0167. The van der Waals surface area contributed by atoms with Crippen molar-refractivity contribution in [3.8, 4) is 11.5 Å². The lowest BCUT2D eigenvalue weighted by molar-refractivity contribution is -0.384. The second-order valence-electron chi connectivity index (χ2n) is 10.6. The molecule has 2 aliphatic rings. The van der Waals surface area contributed by atoms with E-state index in [1.165, 1.54) is 40.9 Å². The standard InChI is InChI=1S/C31H35N3O10S/c1-4-5-6-26(36)42-16-21-18-45-30-27(32-25(35)17-41-23-11-13-24(14-12-23)44-19(2)3)29(37)33(30)28(21)31(38)43-15-20-7-9-22(10-8-20)34(39)40/h7-14,18-19,27-28,30H,4-6,15-17H2,1-3H3,(H,32,35)/t27?,28?,30-/m0/s1. The lowest BCUT2D eigenvalue weighted by atomic mass is 9.98. The Kier molecular flexibility index (Phi) is 11.4. The monoisotopic (exact) mass is 641 g/mol. The second kappa shape index (κ2) is 15.4. The number of carbonyl (C=O) groups is 4. The van der Waals surface area contributed by atoms with Gasteiger partial charge in [-0.3, -0.25) is 24.5 Å². The number of nitrogens with zero attached hydrogens (tertiary/aromatic N) is 2. The first-order valence-corrected chi connectivity index (χ1v) is 15.4. The molecule has 2 heterocycles. The van der Waals surface area contributed by atoms with Gasteiger partial charge in [0.1, 0.15) is 36.1 Å². The van der Waals surface area contributed by atoms with Gasteiger partial charge in [-0.05, 0) is 67.6 Å². The molecule has 2 aromatic rings. The summed E-state index contributed by atoms with van der Waals surface area (Å²) < 4.78 is 22.0. The number of non-ortho nitro benzene ring substituents is 1. The van der Waals surface area contributed by atoms with Crippen molar-refractivity contribution in [2.24, 2.45) is 0 Å². The van der Waals surface area contributed by atoms with Gasteiger partial charge >= 0.3 is 11.9 Å². The zero-order chi connectivity index (χ0) is 32.5. The van der Waals surface area contributed by atoms with Crippen LogP contribution in [0.15, 0.2) is 59.5 Å². The summed E-state index contributed by atoms with van der Waals surface area (Å²) in [6.45, 7) is 5.03. The van der Waals surface area contributed by atoms with Crippen LogP contribution < -0.4 is 14.8 Å². The third kappa shape index (κ3) is 8.75. The number of benzene rings is 2. The van der Waals surface area contributed by atoms with Gasteiger partial charge in [0.25, 0.3) is 11.6 Å². The maximum absolute atomic E-state index is 13.3. The molecule has 2 unspecified atom stereocenters. The van der Waals surface area contributed by atoms with Crippen LogP contribution in [0.5, 0.6) is 11.5 Å². The first-order chi connectivity index (χ1) is 21.6. The van der Waals surface area contributed by atoms with E-state index in [9.17, 15) is 29.3 Å². The number of nitro groups is 1. The summed E-state index contributed by atoms with van der Waals surface area (Å²) in [5.41, 5.74) is 0.765. The zero-order valence-corrected chi connectivity index (χ0v) is 25.9. The van der Waals surface area contributed by atoms with E-state index in [0.29, 0.717) is 29.1 Å². The number of fused-ring (bicyclic) bond motifs is 1. The molecule has 0 aromatic heterocycles. The van der Waals surface area contributed by atoms with E-state index in [0.717, 1.165) is 6.42 Å². The Morgan fingerprint density at radius 3 is 2.36 bits per heavy atom. The number of thioether (sulfide) groups is 1. The van der Waals surface area contributed by atoms with E-state index in [4.69, 9.17) is 18.9 Å². The summed E-state index contributed by atoms with van der Waals surface area (Å²) >= 11 is 1.22. The van der Waals surface area contributed by atoms with Gasteiger partial charge < -0.3 is 29.2 Å². The average molecular weight is 642 g/mol. The quantitative estimate of drug-likeness (QED) is 0.130. The first-order valence-electron chi connectivity index (χ1n) is 14.5. The molecule has 2 aromatic carbocycles. The number of carbonyl (C=O) groups excluding carboxylic acids is 4. The molecule has 1 saturated heterocycles. The van der Waals surface area contributed by atoms with Crippen LogP contribution >= 0.6 is 11.8 Å². The average Bonchev–Trinajstić information content (AvgIpc) is 3.03. The molecule has 0 spiro atoms. The summed E-state index contributed by atoms with van der Waals surface area (Å²) in [5.74, 6) is -1.10. The molecule has 0 bridgehead atoms.